The third-order valence-corrected chi connectivity index (χ3v) is 4.64. The molecule has 3 aromatic carbocycles. The first kappa shape index (κ1) is 18.7. The highest BCUT2D eigenvalue weighted by molar-refractivity contribution is 5.96. The highest BCUT2D eigenvalue weighted by Crippen LogP contribution is 2.32. The van der Waals surface area contributed by atoms with Gasteiger partial charge in [0, 0.05) is 17.7 Å². The van der Waals surface area contributed by atoms with Gasteiger partial charge in [-0.05, 0) is 41.8 Å². The van der Waals surface area contributed by atoms with Gasteiger partial charge in [0.25, 0.3) is 5.91 Å². The predicted octanol–water partition coefficient (Wildman–Crippen LogP) is 4.10. The van der Waals surface area contributed by atoms with Crippen LogP contribution in [0.5, 0.6) is 5.75 Å². The fourth-order valence-corrected chi connectivity index (χ4v) is 3.13. The summed E-state index contributed by atoms with van der Waals surface area (Å²) in [7, 11) is 1.65. The monoisotopic (exact) mass is 360 g/mol. The van der Waals surface area contributed by atoms with Crippen LogP contribution in [0, 0.1) is 6.92 Å². The van der Waals surface area contributed by atoms with E-state index in [1.807, 2.05) is 79.7 Å². The van der Waals surface area contributed by atoms with Crippen LogP contribution in [0.15, 0.2) is 72.8 Å². The Hall–Kier alpha value is -3.11. The maximum Gasteiger partial charge on any atom is 0.251 e. The molecule has 0 aromatic heterocycles. The Morgan fingerprint density at radius 3 is 2.41 bits per heavy atom. The van der Waals surface area contributed by atoms with Crippen LogP contribution in [-0.4, -0.2) is 19.6 Å². The lowest BCUT2D eigenvalue weighted by Crippen LogP contribution is -2.33. The highest BCUT2D eigenvalue weighted by atomic mass is 16.5. The lowest BCUT2D eigenvalue weighted by Gasteiger charge is -2.18. The molecule has 3 N–H and O–H groups in total. The van der Waals surface area contributed by atoms with Crippen molar-refractivity contribution >= 4 is 5.91 Å². The highest BCUT2D eigenvalue weighted by Gasteiger charge is 2.16. The molecule has 0 aliphatic rings. The number of nitrogens with one attached hydrogen (secondary N) is 1. The minimum Gasteiger partial charge on any atom is -0.496 e. The Balaban J connectivity index is 1.90. The molecule has 0 bridgehead atoms. The summed E-state index contributed by atoms with van der Waals surface area (Å²) in [5.41, 5.74) is 10.5. The van der Waals surface area contributed by atoms with Crippen molar-refractivity contribution < 1.29 is 9.53 Å². The molecule has 0 unspecified atom stereocenters. The molecule has 0 fully saturated rings. The second-order valence-electron chi connectivity index (χ2n) is 6.40. The van der Waals surface area contributed by atoms with Gasteiger partial charge >= 0.3 is 0 Å². The van der Waals surface area contributed by atoms with Gasteiger partial charge in [0.2, 0.25) is 0 Å². The van der Waals surface area contributed by atoms with Gasteiger partial charge in [0.05, 0.1) is 13.2 Å². The number of methoxy groups -OCH3 is 1. The lowest BCUT2D eigenvalue weighted by atomic mass is 9.97. The summed E-state index contributed by atoms with van der Waals surface area (Å²) in [4.78, 5) is 12.8. The van der Waals surface area contributed by atoms with Crippen LogP contribution in [0.2, 0.25) is 0 Å². The summed E-state index contributed by atoms with van der Waals surface area (Å²) in [6.07, 6.45) is 0. The number of para-hydroxylation sites is 1. The van der Waals surface area contributed by atoms with Crippen LogP contribution in [0.1, 0.15) is 27.5 Å². The average Bonchev–Trinajstić information content (AvgIpc) is 2.72. The van der Waals surface area contributed by atoms with E-state index in [4.69, 9.17) is 10.5 Å². The summed E-state index contributed by atoms with van der Waals surface area (Å²) in [6, 6.07) is 23.0. The van der Waals surface area contributed by atoms with Crippen LogP contribution in [0.4, 0.5) is 0 Å². The molecule has 0 aliphatic carbocycles. The van der Waals surface area contributed by atoms with Crippen molar-refractivity contribution in [3.8, 4) is 16.9 Å². The van der Waals surface area contributed by atoms with Crippen LogP contribution >= 0.6 is 0 Å². The quantitative estimate of drug-likeness (QED) is 0.695. The normalized spacial score (nSPS) is 11.7. The van der Waals surface area contributed by atoms with Gasteiger partial charge in [-0.3, -0.25) is 4.79 Å². The van der Waals surface area contributed by atoms with E-state index in [0.29, 0.717) is 12.1 Å². The van der Waals surface area contributed by atoms with Gasteiger partial charge in [0.15, 0.2) is 0 Å². The molecule has 4 heteroatoms. The topological polar surface area (TPSA) is 64.3 Å². The number of carbonyl (C=O) groups is 1. The molecule has 0 radical (unpaired) electrons. The summed E-state index contributed by atoms with van der Waals surface area (Å²) >= 11 is 0. The molecule has 4 nitrogen and oxygen atoms in total. The molecule has 0 spiro atoms. The number of ether oxygens (including phenoxy) is 1. The van der Waals surface area contributed by atoms with Crippen LogP contribution in [-0.2, 0) is 0 Å². The van der Waals surface area contributed by atoms with Gasteiger partial charge in [-0.2, -0.15) is 0 Å². The third kappa shape index (κ3) is 4.18. The van der Waals surface area contributed by atoms with E-state index < -0.39 is 0 Å². The van der Waals surface area contributed by atoms with Crippen LogP contribution in [0.25, 0.3) is 11.1 Å². The number of rotatable bonds is 6. The maximum absolute atomic E-state index is 12.8. The molecular formula is C23H24N2O2. The zero-order valence-electron chi connectivity index (χ0n) is 15.6. The van der Waals surface area contributed by atoms with E-state index in [0.717, 1.165) is 28.0 Å². The van der Waals surface area contributed by atoms with Crippen molar-refractivity contribution in [2.75, 3.05) is 13.7 Å². The molecule has 138 valence electrons. The Bertz CT molecular complexity index is 923. The smallest absolute Gasteiger partial charge is 0.251 e. The van der Waals surface area contributed by atoms with Gasteiger partial charge in [0.1, 0.15) is 5.75 Å². The molecule has 0 saturated carbocycles. The number of nitrogens with two attached hydrogens (primary N) is 1. The standard InChI is InChI=1S/C23H24N2O2/c1-16-12-13-18(14-20(16)19-10-6-7-11-22(19)27-2)23(26)25-21(15-24)17-8-4-3-5-9-17/h3-14,21H,15,24H2,1-2H3,(H,25,26)/t21-/m0/s1. The van der Waals surface area contributed by atoms with Gasteiger partial charge in [-0.25, -0.2) is 0 Å². The average molecular weight is 360 g/mol. The summed E-state index contributed by atoms with van der Waals surface area (Å²) in [5, 5.41) is 3.03. The van der Waals surface area contributed by atoms with Crippen molar-refractivity contribution in [2.45, 2.75) is 13.0 Å². The van der Waals surface area contributed by atoms with Crippen molar-refractivity contribution in [1.29, 1.82) is 0 Å². The second-order valence-corrected chi connectivity index (χ2v) is 6.40. The summed E-state index contributed by atoms with van der Waals surface area (Å²) in [5.74, 6) is 0.632. The second kappa shape index (κ2) is 8.52. The minimum atomic E-state index is -0.227. The molecule has 0 heterocycles. The molecule has 0 saturated heterocycles. The molecule has 1 atom stereocenters. The van der Waals surface area contributed by atoms with Gasteiger partial charge < -0.3 is 15.8 Å². The Morgan fingerprint density at radius 1 is 1.00 bits per heavy atom. The SMILES string of the molecule is COc1ccccc1-c1cc(C(=O)N[C@@H](CN)c2ccccc2)ccc1C. The Morgan fingerprint density at radius 2 is 1.70 bits per heavy atom. The predicted molar refractivity (Wildman–Crippen MR) is 109 cm³/mol. The van der Waals surface area contributed by atoms with Crippen molar-refractivity contribution in [3.05, 3.63) is 89.5 Å². The molecule has 3 rings (SSSR count). The lowest BCUT2D eigenvalue weighted by molar-refractivity contribution is 0.0938. The first-order chi connectivity index (χ1) is 13.1. The van der Waals surface area contributed by atoms with Gasteiger partial charge in [-0.1, -0.05) is 54.6 Å². The fourth-order valence-electron chi connectivity index (χ4n) is 3.13. The fraction of sp³-hybridized carbons (Fsp3) is 0.174. The Kier molecular flexibility index (Phi) is 5.89. The van der Waals surface area contributed by atoms with Crippen LogP contribution in [0.3, 0.4) is 0 Å². The molecule has 3 aromatic rings. The number of carbonyl (C=O) groups excluding carboxylic acids is 1. The first-order valence-electron chi connectivity index (χ1n) is 8.94. The largest absolute Gasteiger partial charge is 0.496 e. The zero-order valence-corrected chi connectivity index (χ0v) is 15.6. The van der Waals surface area contributed by atoms with E-state index in [2.05, 4.69) is 5.32 Å². The molecule has 27 heavy (non-hydrogen) atoms. The minimum absolute atomic E-state index is 0.148. The van der Waals surface area contributed by atoms with E-state index in [1.165, 1.54) is 0 Å². The number of amides is 1. The number of hydrogen-bond donors (Lipinski definition) is 2. The molecule has 1 amide bonds. The number of hydrogen-bond acceptors (Lipinski definition) is 3. The number of benzene rings is 3. The third-order valence-electron chi connectivity index (χ3n) is 4.64. The molecular weight excluding hydrogens is 336 g/mol. The van der Waals surface area contributed by atoms with Crippen LogP contribution < -0.4 is 15.8 Å². The van der Waals surface area contributed by atoms with E-state index in [9.17, 15) is 4.79 Å². The molecule has 0 aliphatic heterocycles. The van der Waals surface area contributed by atoms with E-state index in [1.54, 1.807) is 7.11 Å². The maximum atomic E-state index is 12.8. The first-order valence-corrected chi connectivity index (χ1v) is 8.94. The van der Waals surface area contributed by atoms with E-state index >= 15 is 0 Å². The van der Waals surface area contributed by atoms with Crippen molar-refractivity contribution in [1.82, 2.24) is 5.32 Å². The van der Waals surface area contributed by atoms with Crippen molar-refractivity contribution in [3.63, 3.8) is 0 Å². The van der Waals surface area contributed by atoms with Gasteiger partial charge in [-0.15, -0.1) is 0 Å². The number of aryl methyl sites for hydroxylation is 1. The summed E-state index contributed by atoms with van der Waals surface area (Å²) in [6.45, 7) is 2.36. The van der Waals surface area contributed by atoms with Crippen molar-refractivity contribution in [2.24, 2.45) is 5.73 Å². The van der Waals surface area contributed by atoms with E-state index in [-0.39, 0.29) is 11.9 Å². The Labute approximate surface area is 160 Å². The summed E-state index contributed by atoms with van der Waals surface area (Å²) < 4.78 is 5.48. The zero-order chi connectivity index (χ0) is 19.2.